The summed E-state index contributed by atoms with van der Waals surface area (Å²) in [4.78, 5) is 27.8. The number of nitrogens with one attached hydrogen (secondary N) is 2. The van der Waals surface area contributed by atoms with Crippen molar-refractivity contribution in [3.8, 4) is 5.75 Å². The van der Waals surface area contributed by atoms with E-state index < -0.39 is 0 Å². The number of nitrogens with zero attached hydrogens (tertiary/aromatic N) is 7. The molecule has 0 saturated carbocycles. The molecule has 3 aromatic heterocycles. The van der Waals surface area contributed by atoms with Crippen molar-refractivity contribution in [3.63, 3.8) is 0 Å². The van der Waals surface area contributed by atoms with Gasteiger partial charge in [0, 0.05) is 45.7 Å². The lowest BCUT2D eigenvalue weighted by molar-refractivity contribution is -0.127. The second kappa shape index (κ2) is 9.38. The van der Waals surface area contributed by atoms with E-state index >= 15 is 0 Å². The second-order valence-corrected chi connectivity index (χ2v) is 8.30. The molecule has 11 heteroatoms. The normalized spacial score (nSPS) is 13.7. The number of likely N-dealkylation sites (tertiary alicyclic amines) is 1. The fourth-order valence-corrected chi connectivity index (χ4v) is 4.05. The van der Waals surface area contributed by atoms with Crippen LogP contribution in [0, 0.1) is 0 Å². The molecule has 176 valence electrons. The van der Waals surface area contributed by atoms with Gasteiger partial charge in [0.1, 0.15) is 11.6 Å². The number of phenols is 1. The van der Waals surface area contributed by atoms with Crippen LogP contribution in [0.15, 0.2) is 42.9 Å². The molecule has 4 heterocycles. The predicted molar refractivity (Wildman–Crippen MR) is 128 cm³/mol. The number of phenolic OH excluding ortho intramolecular Hbond substituents is 1. The topological polar surface area (TPSA) is 126 Å². The minimum Gasteiger partial charge on any atom is -0.508 e. The van der Waals surface area contributed by atoms with Crippen molar-refractivity contribution in [1.29, 1.82) is 0 Å². The molecule has 1 amide bonds. The van der Waals surface area contributed by atoms with Crippen molar-refractivity contribution in [2.75, 3.05) is 30.3 Å². The first-order valence-corrected chi connectivity index (χ1v) is 11.3. The van der Waals surface area contributed by atoms with Gasteiger partial charge in [-0.25, -0.2) is 4.98 Å². The van der Waals surface area contributed by atoms with Crippen LogP contribution in [0.3, 0.4) is 0 Å². The zero-order chi connectivity index (χ0) is 23.5. The third-order valence-corrected chi connectivity index (χ3v) is 5.95. The van der Waals surface area contributed by atoms with Crippen LogP contribution >= 0.6 is 0 Å². The number of fused-ring (bicyclic) bond motifs is 1. The fourth-order valence-electron chi connectivity index (χ4n) is 4.05. The van der Waals surface area contributed by atoms with E-state index in [1.54, 1.807) is 29.3 Å². The number of hydrogen-bond acceptors (Lipinski definition) is 8. The molecule has 3 N–H and O–H groups in total. The van der Waals surface area contributed by atoms with Crippen LogP contribution in [-0.2, 0) is 24.8 Å². The summed E-state index contributed by atoms with van der Waals surface area (Å²) in [5, 5.41) is 20.3. The van der Waals surface area contributed by atoms with Crippen LogP contribution < -0.4 is 10.6 Å². The van der Waals surface area contributed by atoms with Crippen LogP contribution in [0.4, 0.5) is 17.6 Å². The summed E-state index contributed by atoms with van der Waals surface area (Å²) in [6.07, 6.45) is 5.75. The van der Waals surface area contributed by atoms with Crippen LogP contribution in [0.5, 0.6) is 5.75 Å². The number of rotatable bonds is 9. The first kappa shape index (κ1) is 21.7. The molecule has 4 aromatic rings. The number of aromatic hydroxyl groups is 1. The Morgan fingerprint density at radius 3 is 2.71 bits per heavy atom. The largest absolute Gasteiger partial charge is 0.508 e. The first-order valence-electron chi connectivity index (χ1n) is 11.3. The average Bonchev–Trinajstić information content (AvgIpc) is 3.54. The SMILES string of the molecule is Cn1nccc1Nc1nc(NCCc2ccc(O)cc2)c2ncn(CCN3CCCC3=O)c2n1. The minimum absolute atomic E-state index is 0.203. The van der Waals surface area contributed by atoms with Crippen LogP contribution in [-0.4, -0.2) is 64.8 Å². The smallest absolute Gasteiger partial charge is 0.232 e. The van der Waals surface area contributed by atoms with E-state index in [4.69, 9.17) is 4.98 Å². The molecular formula is C23H27N9O2. The number of carbonyl (C=O) groups excluding carboxylic acids is 1. The summed E-state index contributed by atoms with van der Waals surface area (Å²) in [5.74, 6) is 2.28. The minimum atomic E-state index is 0.203. The highest BCUT2D eigenvalue weighted by Crippen LogP contribution is 2.23. The van der Waals surface area contributed by atoms with E-state index in [9.17, 15) is 9.90 Å². The Morgan fingerprint density at radius 2 is 1.97 bits per heavy atom. The molecule has 0 atom stereocenters. The van der Waals surface area contributed by atoms with Gasteiger partial charge in [-0.3, -0.25) is 9.48 Å². The van der Waals surface area contributed by atoms with Gasteiger partial charge in [-0.15, -0.1) is 0 Å². The zero-order valence-electron chi connectivity index (χ0n) is 19.0. The van der Waals surface area contributed by atoms with Crippen molar-refractivity contribution in [3.05, 3.63) is 48.4 Å². The Balaban J connectivity index is 1.39. The first-order chi connectivity index (χ1) is 16.6. The molecule has 0 unspecified atom stereocenters. The van der Waals surface area contributed by atoms with Crippen molar-refractivity contribution in [2.45, 2.75) is 25.8 Å². The van der Waals surface area contributed by atoms with E-state index in [0.717, 1.165) is 30.8 Å². The van der Waals surface area contributed by atoms with E-state index in [1.807, 2.05) is 34.7 Å². The zero-order valence-corrected chi connectivity index (χ0v) is 19.0. The molecule has 1 aliphatic heterocycles. The van der Waals surface area contributed by atoms with Gasteiger partial charge in [0.15, 0.2) is 17.0 Å². The number of anilines is 3. The van der Waals surface area contributed by atoms with Crippen LogP contribution in [0.25, 0.3) is 11.2 Å². The Bertz CT molecular complexity index is 1300. The molecule has 0 radical (unpaired) electrons. The van der Waals surface area contributed by atoms with E-state index in [2.05, 4.69) is 25.7 Å². The lowest BCUT2D eigenvalue weighted by atomic mass is 10.1. The van der Waals surface area contributed by atoms with E-state index in [-0.39, 0.29) is 11.7 Å². The summed E-state index contributed by atoms with van der Waals surface area (Å²) in [6.45, 7) is 2.68. The van der Waals surface area contributed by atoms with Gasteiger partial charge < -0.3 is 25.2 Å². The maximum Gasteiger partial charge on any atom is 0.232 e. The summed E-state index contributed by atoms with van der Waals surface area (Å²) in [6, 6.07) is 9.01. The number of benzene rings is 1. The highest BCUT2D eigenvalue weighted by Gasteiger charge is 2.20. The van der Waals surface area contributed by atoms with Gasteiger partial charge in [0.25, 0.3) is 0 Å². The van der Waals surface area contributed by atoms with Gasteiger partial charge in [0.2, 0.25) is 11.9 Å². The molecule has 0 spiro atoms. The van der Waals surface area contributed by atoms with Gasteiger partial charge in [0.05, 0.1) is 12.5 Å². The number of aromatic nitrogens is 6. The molecule has 0 bridgehead atoms. The molecule has 5 rings (SSSR count). The van der Waals surface area contributed by atoms with Crippen molar-refractivity contribution >= 4 is 34.7 Å². The van der Waals surface area contributed by atoms with Gasteiger partial charge in [-0.1, -0.05) is 12.1 Å². The average molecular weight is 462 g/mol. The molecule has 1 aromatic carbocycles. The van der Waals surface area contributed by atoms with E-state index in [1.165, 1.54) is 0 Å². The van der Waals surface area contributed by atoms with Crippen LogP contribution in [0.1, 0.15) is 18.4 Å². The van der Waals surface area contributed by atoms with Gasteiger partial charge >= 0.3 is 0 Å². The number of aryl methyl sites for hydroxylation is 1. The fraction of sp³-hybridized carbons (Fsp3) is 0.348. The molecule has 0 aliphatic carbocycles. The summed E-state index contributed by atoms with van der Waals surface area (Å²) in [7, 11) is 1.84. The number of hydrogen-bond donors (Lipinski definition) is 3. The second-order valence-electron chi connectivity index (χ2n) is 8.30. The molecule has 11 nitrogen and oxygen atoms in total. The molecular weight excluding hydrogens is 434 g/mol. The van der Waals surface area contributed by atoms with Gasteiger partial charge in [-0.2, -0.15) is 15.1 Å². The molecule has 34 heavy (non-hydrogen) atoms. The number of amides is 1. The third kappa shape index (κ3) is 4.63. The maximum atomic E-state index is 12.0. The molecule has 1 aliphatic rings. The van der Waals surface area contributed by atoms with Crippen molar-refractivity contribution in [1.82, 2.24) is 34.2 Å². The van der Waals surface area contributed by atoms with Crippen molar-refractivity contribution in [2.24, 2.45) is 7.05 Å². The van der Waals surface area contributed by atoms with Gasteiger partial charge in [-0.05, 0) is 30.5 Å². The monoisotopic (exact) mass is 461 g/mol. The summed E-state index contributed by atoms with van der Waals surface area (Å²) >= 11 is 0. The Hall–Kier alpha value is -4.15. The lowest BCUT2D eigenvalue weighted by Gasteiger charge is -2.16. The Morgan fingerprint density at radius 1 is 1.12 bits per heavy atom. The predicted octanol–water partition coefficient (Wildman–Crippen LogP) is 2.29. The third-order valence-electron chi connectivity index (χ3n) is 5.95. The lowest BCUT2D eigenvalue weighted by Crippen LogP contribution is -2.28. The number of carbonyl (C=O) groups is 1. The van der Waals surface area contributed by atoms with E-state index in [0.29, 0.717) is 49.0 Å². The highest BCUT2D eigenvalue weighted by molar-refractivity contribution is 5.84. The maximum absolute atomic E-state index is 12.0. The van der Waals surface area contributed by atoms with Crippen LogP contribution in [0.2, 0.25) is 0 Å². The quantitative estimate of drug-likeness (QED) is 0.347. The number of imidazole rings is 1. The summed E-state index contributed by atoms with van der Waals surface area (Å²) < 4.78 is 3.67. The molecule has 1 fully saturated rings. The Kier molecular flexibility index (Phi) is 5.98. The molecule has 1 saturated heterocycles. The standard InChI is InChI=1S/C23H27N9O2/c1-30-18(9-11-26-30)27-23-28-21(24-10-8-16-4-6-17(33)7-5-16)20-22(29-23)32(15-25-20)14-13-31-12-2-3-19(31)34/h4-7,9,11,15,33H,2-3,8,10,12-14H2,1H3,(H2,24,27,28,29). The Labute approximate surface area is 196 Å². The van der Waals surface area contributed by atoms with Crippen molar-refractivity contribution < 1.29 is 9.90 Å². The highest BCUT2D eigenvalue weighted by atomic mass is 16.3. The summed E-state index contributed by atoms with van der Waals surface area (Å²) in [5.41, 5.74) is 2.47.